The van der Waals surface area contributed by atoms with Crippen LogP contribution in [0.25, 0.3) is 0 Å². The van der Waals surface area contributed by atoms with Crippen LogP contribution in [0.2, 0.25) is 0 Å². The summed E-state index contributed by atoms with van der Waals surface area (Å²) in [4.78, 5) is 0. The van der Waals surface area contributed by atoms with Gasteiger partial charge in [0.05, 0.1) is 12.7 Å². The van der Waals surface area contributed by atoms with Crippen molar-refractivity contribution in [2.24, 2.45) is 5.92 Å². The molecule has 1 aliphatic carbocycles. The molecule has 2 nitrogen and oxygen atoms in total. The number of aliphatic hydroxyl groups is 1. The molecule has 2 rings (SSSR count). The lowest BCUT2D eigenvalue weighted by Crippen LogP contribution is -2.24. The Labute approximate surface area is 88.7 Å². The van der Waals surface area contributed by atoms with E-state index < -0.39 is 5.60 Å². The molecule has 1 fully saturated rings. The molecule has 1 aromatic rings. The van der Waals surface area contributed by atoms with Crippen LogP contribution in [-0.2, 0) is 5.60 Å². The van der Waals surface area contributed by atoms with Crippen LogP contribution in [0.5, 0.6) is 5.75 Å². The van der Waals surface area contributed by atoms with Crippen molar-refractivity contribution in [1.29, 1.82) is 0 Å². The molecule has 3 heteroatoms. The zero-order chi connectivity index (χ0) is 11.1. The van der Waals surface area contributed by atoms with E-state index in [9.17, 15) is 9.50 Å². The standard InChI is InChI=1S/C12H15FO2/c1-12(14,8-3-4-8)10-7-9(13)5-6-11(10)15-2/h5-8,14H,3-4H2,1-2H3. The van der Waals surface area contributed by atoms with Crippen LogP contribution < -0.4 is 4.74 Å². The molecular weight excluding hydrogens is 195 g/mol. The highest BCUT2D eigenvalue weighted by atomic mass is 19.1. The van der Waals surface area contributed by atoms with Crippen molar-refractivity contribution in [2.45, 2.75) is 25.4 Å². The molecule has 0 saturated heterocycles. The van der Waals surface area contributed by atoms with Gasteiger partial charge in [-0.3, -0.25) is 0 Å². The van der Waals surface area contributed by atoms with E-state index in [4.69, 9.17) is 4.74 Å². The van der Waals surface area contributed by atoms with E-state index in [-0.39, 0.29) is 11.7 Å². The molecule has 0 spiro atoms. The molecule has 0 heterocycles. The molecule has 1 aliphatic rings. The fourth-order valence-electron chi connectivity index (χ4n) is 1.94. The molecule has 1 atom stereocenters. The summed E-state index contributed by atoms with van der Waals surface area (Å²) < 4.78 is 18.3. The van der Waals surface area contributed by atoms with Gasteiger partial charge in [-0.05, 0) is 43.9 Å². The smallest absolute Gasteiger partial charge is 0.125 e. The lowest BCUT2D eigenvalue weighted by Gasteiger charge is -2.25. The van der Waals surface area contributed by atoms with Crippen molar-refractivity contribution in [3.05, 3.63) is 29.6 Å². The zero-order valence-corrected chi connectivity index (χ0v) is 8.96. The molecule has 0 bridgehead atoms. The van der Waals surface area contributed by atoms with Crippen molar-refractivity contribution >= 4 is 0 Å². The summed E-state index contributed by atoms with van der Waals surface area (Å²) in [6, 6.07) is 4.25. The highest BCUT2D eigenvalue weighted by molar-refractivity contribution is 5.39. The molecule has 1 saturated carbocycles. The molecule has 0 amide bonds. The van der Waals surface area contributed by atoms with Gasteiger partial charge in [0.1, 0.15) is 11.6 Å². The first-order valence-corrected chi connectivity index (χ1v) is 5.12. The molecule has 0 aliphatic heterocycles. The summed E-state index contributed by atoms with van der Waals surface area (Å²) in [7, 11) is 1.53. The van der Waals surface area contributed by atoms with Gasteiger partial charge in [-0.2, -0.15) is 0 Å². The first-order valence-electron chi connectivity index (χ1n) is 5.12. The van der Waals surface area contributed by atoms with Gasteiger partial charge in [0.25, 0.3) is 0 Å². The van der Waals surface area contributed by atoms with Crippen LogP contribution >= 0.6 is 0 Å². The first-order chi connectivity index (χ1) is 7.05. The molecule has 82 valence electrons. The van der Waals surface area contributed by atoms with E-state index >= 15 is 0 Å². The van der Waals surface area contributed by atoms with Gasteiger partial charge >= 0.3 is 0 Å². The average molecular weight is 210 g/mol. The lowest BCUT2D eigenvalue weighted by atomic mass is 9.90. The van der Waals surface area contributed by atoms with Crippen molar-refractivity contribution < 1.29 is 14.2 Å². The van der Waals surface area contributed by atoms with Crippen molar-refractivity contribution in [1.82, 2.24) is 0 Å². The van der Waals surface area contributed by atoms with Gasteiger partial charge in [0.15, 0.2) is 0 Å². The maximum atomic E-state index is 13.1. The highest BCUT2D eigenvalue weighted by Crippen LogP contribution is 2.47. The summed E-state index contributed by atoms with van der Waals surface area (Å²) in [5.74, 6) is 0.438. The van der Waals surface area contributed by atoms with Gasteiger partial charge in [-0.15, -0.1) is 0 Å². The van der Waals surface area contributed by atoms with Gasteiger partial charge in [0, 0.05) is 5.56 Å². The third-order valence-corrected chi connectivity index (χ3v) is 3.08. The largest absolute Gasteiger partial charge is 0.496 e. The minimum atomic E-state index is -0.979. The minimum Gasteiger partial charge on any atom is -0.496 e. The molecule has 1 unspecified atom stereocenters. The van der Waals surface area contributed by atoms with Gasteiger partial charge in [-0.25, -0.2) is 4.39 Å². The fourth-order valence-corrected chi connectivity index (χ4v) is 1.94. The number of rotatable bonds is 3. The number of halogens is 1. The van der Waals surface area contributed by atoms with E-state index in [0.717, 1.165) is 12.8 Å². The quantitative estimate of drug-likeness (QED) is 0.830. The van der Waals surface area contributed by atoms with Gasteiger partial charge < -0.3 is 9.84 Å². The first kappa shape index (κ1) is 10.4. The molecule has 1 N–H and O–H groups in total. The third-order valence-electron chi connectivity index (χ3n) is 3.08. The topological polar surface area (TPSA) is 29.5 Å². The monoisotopic (exact) mass is 210 g/mol. The van der Waals surface area contributed by atoms with E-state index in [2.05, 4.69) is 0 Å². The normalized spacial score (nSPS) is 19.7. The van der Waals surface area contributed by atoms with Gasteiger partial charge in [0.2, 0.25) is 0 Å². The summed E-state index contributed by atoms with van der Waals surface area (Å²) >= 11 is 0. The zero-order valence-electron chi connectivity index (χ0n) is 8.96. The molecular formula is C12H15FO2. The van der Waals surface area contributed by atoms with Crippen LogP contribution in [0.3, 0.4) is 0 Å². The summed E-state index contributed by atoms with van der Waals surface area (Å²) in [6.07, 6.45) is 1.99. The van der Waals surface area contributed by atoms with Crippen molar-refractivity contribution in [2.75, 3.05) is 7.11 Å². The Morgan fingerprint density at radius 3 is 2.67 bits per heavy atom. The van der Waals surface area contributed by atoms with Crippen molar-refractivity contribution in [3.63, 3.8) is 0 Å². The van der Waals surface area contributed by atoms with Crippen molar-refractivity contribution in [3.8, 4) is 5.75 Å². The van der Waals surface area contributed by atoms with Crippen LogP contribution in [0.15, 0.2) is 18.2 Å². The Balaban J connectivity index is 2.44. The molecule has 0 radical (unpaired) electrons. The fraction of sp³-hybridized carbons (Fsp3) is 0.500. The van der Waals surface area contributed by atoms with E-state index in [1.54, 1.807) is 13.0 Å². The number of ether oxygens (including phenoxy) is 1. The SMILES string of the molecule is COc1ccc(F)cc1C(C)(O)C1CC1. The predicted molar refractivity (Wildman–Crippen MR) is 55.2 cm³/mol. The molecule has 15 heavy (non-hydrogen) atoms. The van der Waals surface area contributed by atoms with Crippen LogP contribution in [0.1, 0.15) is 25.3 Å². The Kier molecular flexibility index (Phi) is 2.43. The van der Waals surface area contributed by atoms with E-state index in [1.807, 2.05) is 0 Å². The summed E-state index contributed by atoms with van der Waals surface area (Å²) in [6.45, 7) is 1.72. The average Bonchev–Trinajstić information content (AvgIpc) is 3.01. The van der Waals surface area contributed by atoms with Gasteiger partial charge in [-0.1, -0.05) is 0 Å². The van der Waals surface area contributed by atoms with Crippen LogP contribution in [-0.4, -0.2) is 12.2 Å². The third kappa shape index (κ3) is 1.84. The minimum absolute atomic E-state index is 0.230. The van der Waals surface area contributed by atoms with E-state index in [0.29, 0.717) is 11.3 Å². The summed E-state index contributed by atoms with van der Waals surface area (Å²) in [5.41, 5.74) is -0.430. The number of methoxy groups -OCH3 is 1. The summed E-state index contributed by atoms with van der Waals surface area (Å²) in [5, 5.41) is 10.3. The maximum Gasteiger partial charge on any atom is 0.125 e. The lowest BCUT2D eigenvalue weighted by molar-refractivity contribution is 0.0304. The second-order valence-corrected chi connectivity index (χ2v) is 4.27. The van der Waals surface area contributed by atoms with E-state index in [1.165, 1.54) is 19.2 Å². The maximum absolute atomic E-state index is 13.1. The Morgan fingerprint density at radius 2 is 2.13 bits per heavy atom. The Hall–Kier alpha value is -1.09. The number of hydrogen-bond donors (Lipinski definition) is 1. The highest BCUT2D eigenvalue weighted by Gasteiger charge is 2.42. The van der Waals surface area contributed by atoms with Crippen LogP contribution in [0.4, 0.5) is 4.39 Å². The molecule has 0 aromatic heterocycles. The van der Waals surface area contributed by atoms with Crippen LogP contribution in [0, 0.1) is 11.7 Å². The predicted octanol–water partition coefficient (Wildman–Crippen LogP) is 2.45. The second-order valence-electron chi connectivity index (χ2n) is 4.27. The Bertz CT molecular complexity index is 370. The Morgan fingerprint density at radius 1 is 1.47 bits per heavy atom. The number of benzene rings is 1. The number of hydrogen-bond acceptors (Lipinski definition) is 2. The second kappa shape index (κ2) is 3.49. The molecule has 1 aromatic carbocycles.